The topological polar surface area (TPSA) is 71.5 Å². The maximum Gasteiger partial charge on any atom is 0.391 e. The Morgan fingerprint density at radius 2 is 1.82 bits per heavy atom. The summed E-state index contributed by atoms with van der Waals surface area (Å²) in [5, 5.41) is 1.59. The lowest BCUT2D eigenvalue weighted by molar-refractivity contribution is -0.192. The van der Waals surface area contributed by atoms with Crippen molar-refractivity contribution < 1.29 is 39.5 Å². The highest BCUT2D eigenvalue weighted by molar-refractivity contribution is 7.93. The zero-order chi connectivity index (χ0) is 27.2. The van der Waals surface area contributed by atoms with E-state index in [1.165, 1.54) is 12.3 Å². The number of alkyl halides is 3. The van der Waals surface area contributed by atoms with Gasteiger partial charge in [-0.1, -0.05) is 6.07 Å². The standard InChI is InChI=1S/C24H21F6N3O3S2/c25-16-2-1-13(9-17(16)26)20-10-14(24(28,29)30)3-6-33(20)19-4-7-36-21-12-22(18(27)11-15(19)21)38(34,35)32-23-31-5-8-37-23/h1-2,5,8-9,11-12,14,19-20H,3-4,6-7,10H2,(H,31,32)/t14?,19-,20+/m1/s1. The van der Waals surface area contributed by atoms with Gasteiger partial charge in [0.15, 0.2) is 16.8 Å². The van der Waals surface area contributed by atoms with E-state index in [9.17, 15) is 30.4 Å². The lowest BCUT2D eigenvalue weighted by atomic mass is 9.84. The van der Waals surface area contributed by atoms with Crippen molar-refractivity contribution in [2.45, 2.75) is 42.4 Å². The molecule has 0 radical (unpaired) electrons. The van der Waals surface area contributed by atoms with Crippen LogP contribution < -0.4 is 9.46 Å². The lowest BCUT2D eigenvalue weighted by Gasteiger charge is -2.46. The molecule has 1 aromatic heterocycles. The Labute approximate surface area is 218 Å². The van der Waals surface area contributed by atoms with E-state index in [-0.39, 0.29) is 48.0 Å². The van der Waals surface area contributed by atoms with Crippen LogP contribution in [0.1, 0.15) is 42.5 Å². The number of ether oxygens (including phenoxy) is 1. The summed E-state index contributed by atoms with van der Waals surface area (Å²) in [6, 6.07) is 3.45. The Balaban J connectivity index is 1.51. The Hall–Kier alpha value is -2.84. The molecule has 14 heteroatoms. The van der Waals surface area contributed by atoms with E-state index in [1.807, 2.05) is 0 Å². The molecule has 204 valence electrons. The van der Waals surface area contributed by atoms with Gasteiger partial charge in [-0.3, -0.25) is 9.62 Å². The van der Waals surface area contributed by atoms with Gasteiger partial charge < -0.3 is 4.74 Å². The zero-order valence-electron chi connectivity index (χ0n) is 19.5. The highest BCUT2D eigenvalue weighted by atomic mass is 32.2. The van der Waals surface area contributed by atoms with Gasteiger partial charge in [0.05, 0.1) is 12.5 Å². The van der Waals surface area contributed by atoms with Gasteiger partial charge in [0.25, 0.3) is 10.0 Å². The Morgan fingerprint density at radius 3 is 2.50 bits per heavy atom. The molecule has 0 amide bonds. The van der Waals surface area contributed by atoms with Gasteiger partial charge in [-0.15, -0.1) is 11.3 Å². The van der Waals surface area contributed by atoms with Gasteiger partial charge in [-0.05, 0) is 43.1 Å². The maximum atomic E-state index is 15.2. The van der Waals surface area contributed by atoms with Crippen molar-refractivity contribution in [1.29, 1.82) is 0 Å². The first-order chi connectivity index (χ1) is 17.9. The molecule has 3 heterocycles. The quantitative estimate of drug-likeness (QED) is 0.366. The van der Waals surface area contributed by atoms with Crippen LogP contribution in [0.25, 0.3) is 0 Å². The molecule has 1 fully saturated rings. The summed E-state index contributed by atoms with van der Waals surface area (Å²) < 4.78 is 117. The number of anilines is 1. The van der Waals surface area contributed by atoms with Crippen LogP contribution in [-0.4, -0.2) is 37.6 Å². The third-order valence-corrected chi connectivity index (χ3v) is 9.02. The van der Waals surface area contributed by atoms with Crippen LogP contribution in [0.5, 0.6) is 5.75 Å². The summed E-state index contributed by atoms with van der Waals surface area (Å²) >= 11 is 1.01. The Bertz CT molecular complexity index is 1430. The zero-order valence-corrected chi connectivity index (χ0v) is 21.1. The fourth-order valence-electron chi connectivity index (χ4n) is 5.07. The first-order valence-corrected chi connectivity index (χ1v) is 14.0. The molecule has 2 aliphatic rings. The van der Waals surface area contributed by atoms with Crippen LogP contribution in [0.15, 0.2) is 46.8 Å². The summed E-state index contributed by atoms with van der Waals surface area (Å²) in [5.41, 5.74) is 0.429. The largest absolute Gasteiger partial charge is 0.493 e. The van der Waals surface area contributed by atoms with E-state index < -0.39 is 63.0 Å². The minimum Gasteiger partial charge on any atom is -0.493 e. The van der Waals surface area contributed by atoms with Gasteiger partial charge in [0, 0.05) is 41.7 Å². The van der Waals surface area contributed by atoms with Gasteiger partial charge >= 0.3 is 6.18 Å². The second-order valence-corrected chi connectivity index (χ2v) is 11.7. The number of benzene rings is 2. The Kier molecular flexibility index (Phi) is 7.07. The molecule has 3 aromatic rings. The number of nitrogens with zero attached hydrogens (tertiary/aromatic N) is 2. The second-order valence-electron chi connectivity index (χ2n) is 9.11. The number of hydrogen-bond acceptors (Lipinski definition) is 6. The minimum absolute atomic E-state index is 0.0443. The minimum atomic E-state index is -4.48. The lowest BCUT2D eigenvalue weighted by Crippen LogP contribution is -2.44. The predicted molar refractivity (Wildman–Crippen MR) is 127 cm³/mol. The molecule has 2 aliphatic heterocycles. The maximum absolute atomic E-state index is 15.2. The molecule has 38 heavy (non-hydrogen) atoms. The van der Waals surface area contributed by atoms with Crippen molar-refractivity contribution in [1.82, 2.24) is 9.88 Å². The van der Waals surface area contributed by atoms with E-state index >= 15 is 4.39 Å². The van der Waals surface area contributed by atoms with Crippen LogP contribution in [0, 0.1) is 23.4 Å². The number of rotatable bonds is 5. The van der Waals surface area contributed by atoms with Crippen molar-refractivity contribution in [3.8, 4) is 5.75 Å². The molecule has 0 saturated carbocycles. The van der Waals surface area contributed by atoms with Gasteiger partial charge in [-0.25, -0.2) is 26.6 Å². The van der Waals surface area contributed by atoms with Crippen molar-refractivity contribution in [3.05, 3.63) is 70.5 Å². The highest BCUT2D eigenvalue weighted by Gasteiger charge is 2.47. The van der Waals surface area contributed by atoms with Crippen molar-refractivity contribution >= 4 is 26.5 Å². The molecule has 6 nitrogen and oxygen atoms in total. The number of hydrogen-bond donors (Lipinski definition) is 1. The number of nitrogens with one attached hydrogen (secondary N) is 1. The average Bonchev–Trinajstić information content (AvgIpc) is 3.36. The number of thiazole rings is 1. The molecule has 1 unspecified atom stereocenters. The average molecular weight is 578 g/mol. The summed E-state index contributed by atoms with van der Waals surface area (Å²) in [7, 11) is -4.35. The fourth-order valence-corrected chi connectivity index (χ4v) is 6.93. The van der Waals surface area contributed by atoms with E-state index in [4.69, 9.17) is 4.74 Å². The van der Waals surface area contributed by atoms with E-state index in [0.29, 0.717) is 0 Å². The molecular weight excluding hydrogens is 556 g/mol. The molecule has 5 rings (SSSR count). The molecule has 1 N–H and O–H groups in total. The number of sulfonamides is 1. The molecule has 0 spiro atoms. The van der Waals surface area contributed by atoms with Crippen LogP contribution >= 0.6 is 11.3 Å². The van der Waals surface area contributed by atoms with Crippen LogP contribution in [0.4, 0.5) is 31.5 Å². The van der Waals surface area contributed by atoms with Crippen molar-refractivity contribution in [2.75, 3.05) is 17.9 Å². The van der Waals surface area contributed by atoms with Gasteiger partial charge in [0.1, 0.15) is 16.5 Å². The Morgan fingerprint density at radius 1 is 1.03 bits per heavy atom. The number of fused-ring (bicyclic) bond motifs is 1. The molecule has 0 bridgehead atoms. The highest BCUT2D eigenvalue weighted by Crippen LogP contribution is 2.48. The summed E-state index contributed by atoms with van der Waals surface area (Å²) in [6.45, 7) is 0.0393. The SMILES string of the molecule is O=S(=O)(Nc1nccs1)c1cc2c(cc1F)[C@H](N1CCC(C(F)(F)F)C[C@H]1c1ccc(F)c(F)c1)CCO2. The van der Waals surface area contributed by atoms with Crippen LogP contribution in [-0.2, 0) is 10.0 Å². The third-order valence-electron chi connectivity index (χ3n) is 6.85. The predicted octanol–water partition coefficient (Wildman–Crippen LogP) is 6.20. The van der Waals surface area contributed by atoms with Gasteiger partial charge in [-0.2, -0.15) is 13.2 Å². The van der Waals surface area contributed by atoms with Crippen molar-refractivity contribution in [2.24, 2.45) is 5.92 Å². The van der Waals surface area contributed by atoms with Crippen LogP contribution in [0.2, 0.25) is 0 Å². The molecule has 3 atom stereocenters. The van der Waals surface area contributed by atoms with E-state index in [2.05, 4.69) is 9.71 Å². The summed E-state index contributed by atoms with van der Waals surface area (Å²) in [4.78, 5) is 4.87. The second kappa shape index (κ2) is 10.0. The third kappa shape index (κ3) is 5.21. The monoisotopic (exact) mass is 577 g/mol. The normalized spacial score (nSPS) is 22.5. The van der Waals surface area contributed by atoms with E-state index in [0.717, 1.165) is 35.6 Å². The molecule has 0 aliphatic carbocycles. The van der Waals surface area contributed by atoms with E-state index in [1.54, 1.807) is 10.3 Å². The summed E-state index contributed by atoms with van der Waals surface area (Å²) in [6.07, 6.45) is -3.45. The van der Waals surface area contributed by atoms with Gasteiger partial charge in [0.2, 0.25) is 0 Å². The fraction of sp³-hybridized carbons (Fsp3) is 0.375. The smallest absolute Gasteiger partial charge is 0.391 e. The molecular formula is C24H21F6N3O3S2. The molecule has 1 saturated heterocycles. The molecule has 2 aromatic carbocycles. The van der Waals surface area contributed by atoms with Crippen LogP contribution in [0.3, 0.4) is 0 Å². The number of halogens is 6. The first-order valence-electron chi connectivity index (χ1n) is 11.6. The number of piperidine rings is 1. The first kappa shape index (κ1) is 26.8. The summed E-state index contributed by atoms with van der Waals surface area (Å²) in [5.74, 6) is -4.96. The number of aromatic nitrogens is 1. The number of likely N-dealkylation sites (tertiary alicyclic amines) is 1. The van der Waals surface area contributed by atoms with Crippen molar-refractivity contribution in [3.63, 3.8) is 0 Å².